The molecule has 1 N–H and O–H groups in total. The molecule has 3 rings (SSSR count). The van der Waals surface area contributed by atoms with Crippen LogP contribution in [0.1, 0.15) is 29.0 Å². The lowest BCUT2D eigenvalue weighted by Crippen LogP contribution is -2.28. The fourth-order valence-corrected chi connectivity index (χ4v) is 4.51. The van der Waals surface area contributed by atoms with E-state index in [1.54, 1.807) is 17.8 Å². The molecule has 1 saturated heterocycles. The van der Waals surface area contributed by atoms with Gasteiger partial charge in [0.1, 0.15) is 10.6 Å². The molecule has 0 atom stereocenters. The van der Waals surface area contributed by atoms with Crippen molar-refractivity contribution in [2.45, 2.75) is 24.2 Å². The predicted molar refractivity (Wildman–Crippen MR) is 93.7 cm³/mol. The number of nitrogens with one attached hydrogen (secondary N) is 1. The molecule has 25 heavy (non-hydrogen) atoms. The van der Waals surface area contributed by atoms with Gasteiger partial charge in [0.2, 0.25) is 10.0 Å². The van der Waals surface area contributed by atoms with Crippen LogP contribution in [0.5, 0.6) is 0 Å². The molecule has 3 heterocycles. The van der Waals surface area contributed by atoms with Crippen molar-refractivity contribution < 1.29 is 13.2 Å². The first kappa shape index (κ1) is 17.6. The second kappa shape index (κ2) is 7.37. The van der Waals surface area contributed by atoms with Gasteiger partial charge in [-0.1, -0.05) is 6.07 Å². The van der Waals surface area contributed by atoms with Crippen LogP contribution < -0.4 is 5.32 Å². The highest BCUT2D eigenvalue weighted by molar-refractivity contribution is 7.89. The lowest BCUT2D eigenvalue weighted by molar-refractivity contribution is 0.0946. The van der Waals surface area contributed by atoms with E-state index in [0.29, 0.717) is 31.7 Å². The number of aryl methyl sites for hydroxylation is 1. The maximum absolute atomic E-state index is 12.6. The van der Waals surface area contributed by atoms with Crippen LogP contribution in [0, 0.1) is 0 Å². The Hall–Kier alpha value is -2.19. The van der Waals surface area contributed by atoms with E-state index >= 15 is 0 Å². The molecular formula is C17H22N4O3S. The summed E-state index contributed by atoms with van der Waals surface area (Å²) in [4.78, 5) is 16.7. The summed E-state index contributed by atoms with van der Waals surface area (Å²) < 4.78 is 28.2. The van der Waals surface area contributed by atoms with Crippen LogP contribution in [-0.4, -0.2) is 47.8 Å². The average Bonchev–Trinajstić information content (AvgIpc) is 3.26. The van der Waals surface area contributed by atoms with Crippen LogP contribution in [0.4, 0.5) is 0 Å². The largest absolute Gasteiger partial charge is 0.350 e. The molecule has 0 radical (unpaired) electrons. The zero-order valence-electron chi connectivity index (χ0n) is 14.2. The summed E-state index contributed by atoms with van der Waals surface area (Å²) in [7, 11) is -1.84. The Kier molecular flexibility index (Phi) is 5.19. The van der Waals surface area contributed by atoms with E-state index in [-0.39, 0.29) is 10.8 Å². The summed E-state index contributed by atoms with van der Waals surface area (Å²) in [5, 5.41) is 2.81. The number of hydrogen-bond donors (Lipinski definition) is 1. The number of nitrogens with zero attached hydrogens (tertiary/aromatic N) is 3. The lowest BCUT2D eigenvalue weighted by Gasteiger charge is -2.13. The molecular weight excluding hydrogens is 340 g/mol. The number of sulfonamides is 1. The third kappa shape index (κ3) is 3.91. The first-order chi connectivity index (χ1) is 12.0. The molecule has 8 heteroatoms. The fraction of sp³-hybridized carbons (Fsp3) is 0.412. The van der Waals surface area contributed by atoms with E-state index in [0.717, 1.165) is 18.5 Å². The number of pyridine rings is 1. The molecule has 7 nitrogen and oxygen atoms in total. The quantitative estimate of drug-likeness (QED) is 0.836. The van der Waals surface area contributed by atoms with Gasteiger partial charge in [-0.15, -0.1) is 0 Å². The minimum Gasteiger partial charge on any atom is -0.350 e. The Bertz CT molecular complexity index is 840. The summed E-state index contributed by atoms with van der Waals surface area (Å²) >= 11 is 0. The van der Waals surface area contributed by atoms with E-state index < -0.39 is 10.0 Å². The van der Waals surface area contributed by atoms with Crippen molar-refractivity contribution in [3.8, 4) is 0 Å². The standard InChI is InChI=1S/C17H22N4O3S/c1-20-13-15(25(23,24)21-10-4-5-11-21)12-16(20)17(22)19-9-7-14-6-2-3-8-18-14/h2-3,6,8,12-13H,4-5,7,9-11H2,1H3,(H,19,22). The van der Waals surface area contributed by atoms with Gasteiger partial charge in [0.05, 0.1) is 0 Å². The van der Waals surface area contributed by atoms with Gasteiger partial charge in [0.15, 0.2) is 0 Å². The van der Waals surface area contributed by atoms with E-state index in [2.05, 4.69) is 10.3 Å². The molecule has 1 amide bonds. The summed E-state index contributed by atoms with van der Waals surface area (Å²) in [6, 6.07) is 7.09. The van der Waals surface area contributed by atoms with Crippen molar-refractivity contribution >= 4 is 15.9 Å². The first-order valence-electron chi connectivity index (χ1n) is 8.33. The highest BCUT2D eigenvalue weighted by Crippen LogP contribution is 2.22. The van der Waals surface area contributed by atoms with Gasteiger partial charge in [0.25, 0.3) is 5.91 Å². The smallest absolute Gasteiger partial charge is 0.267 e. The zero-order chi connectivity index (χ0) is 17.9. The Morgan fingerprint density at radius 2 is 2.04 bits per heavy atom. The second-order valence-electron chi connectivity index (χ2n) is 6.11. The average molecular weight is 362 g/mol. The van der Waals surface area contributed by atoms with Crippen molar-refractivity contribution in [3.63, 3.8) is 0 Å². The molecule has 2 aromatic heterocycles. The van der Waals surface area contributed by atoms with Crippen molar-refractivity contribution in [3.05, 3.63) is 48.0 Å². The van der Waals surface area contributed by atoms with E-state index in [9.17, 15) is 13.2 Å². The third-order valence-corrected chi connectivity index (χ3v) is 6.17. The van der Waals surface area contributed by atoms with E-state index in [4.69, 9.17) is 0 Å². The molecule has 1 aliphatic rings. The third-order valence-electron chi connectivity index (χ3n) is 4.31. The second-order valence-corrected chi connectivity index (χ2v) is 8.05. The Morgan fingerprint density at radius 3 is 2.72 bits per heavy atom. The number of amides is 1. The summed E-state index contributed by atoms with van der Waals surface area (Å²) in [6.45, 7) is 1.53. The van der Waals surface area contributed by atoms with Crippen LogP contribution in [0.25, 0.3) is 0 Å². The zero-order valence-corrected chi connectivity index (χ0v) is 15.0. The van der Waals surface area contributed by atoms with Gasteiger partial charge in [-0.2, -0.15) is 4.31 Å². The van der Waals surface area contributed by atoms with Crippen molar-refractivity contribution in [1.82, 2.24) is 19.2 Å². The molecule has 2 aromatic rings. The Balaban J connectivity index is 1.66. The molecule has 0 bridgehead atoms. The minimum atomic E-state index is -3.51. The fourth-order valence-electron chi connectivity index (χ4n) is 2.92. The maximum atomic E-state index is 12.6. The van der Waals surface area contributed by atoms with Crippen molar-refractivity contribution in [2.24, 2.45) is 7.05 Å². The van der Waals surface area contributed by atoms with Gasteiger partial charge < -0.3 is 9.88 Å². The molecule has 1 aliphatic heterocycles. The molecule has 1 fully saturated rings. The minimum absolute atomic E-state index is 0.173. The van der Waals surface area contributed by atoms with Gasteiger partial charge in [-0.25, -0.2) is 8.42 Å². The van der Waals surface area contributed by atoms with Crippen LogP contribution in [0.3, 0.4) is 0 Å². The summed E-state index contributed by atoms with van der Waals surface area (Å²) in [6.07, 6.45) is 5.60. The number of aromatic nitrogens is 2. The summed E-state index contributed by atoms with van der Waals surface area (Å²) in [5.74, 6) is -0.290. The topological polar surface area (TPSA) is 84.3 Å². The van der Waals surface area contributed by atoms with E-state index in [1.165, 1.54) is 16.6 Å². The van der Waals surface area contributed by atoms with Crippen LogP contribution in [0.2, 0.25) is 0 Å². The van der Waals surface area contributed by atoms with Gasteiger partial charge in [0, 0.05) is 51.2 Å². The number of carbonyl (C=O) groups excluding carboxylic acids is 1. The normalized spacial score (nSPS) is 15.4. The van der Waals surface area contributed by atoms with E-state index in [1.807, 2.05) is 18.2 Å². The van der Waals surface area contributed by atoms with Gasteiger partial charge >= 0.3 is 0 Å². The van der Waals surface area contributed by atoms with Gasteiger partial charge in [-0.05, 0) is 31.0 Å². The SMILES string of the molecule is Cn1cc(S(=O)(=O)N2CCCC2)cc1C(=O)NCCc1ccccn1. The first-order valence-corrected chi connectivity index (χ1v) is 9.77. The number of carbonyl (C=O) groups is 1. The van der Waals surface area contributed by atoms with Crippen LogP contribution >= 0.6 is 0 Å². The molecule has 0 aliphatic carbocycles. The van der Waals surface area contributed by atoms with Crippen LogP contribution in [0.15, 0.2) is 41.6 Å². The molecule has 134 valence electrons. The molecule has 0 saturated carbocycles. The van der Waals surface area contributed by atoms with Gasteiger partial charge in [-0.3, -0.25) is 9.78 Å². The number of hydrogen-bond acceptors (Lipinski definition) is 4. The molecule has 0 aromatic carbocycles. The summed E-state index contributed by atoms with van der Waals surface area (Å²) in [5.41, 5.74) is 1.23. The highest BCUT2D eigenvalue weighted by Gasteiger charge is 2.29. The maximum Gasteiger partial charge on any atom is 0.267 e. The number of rotatable bonds is 6. The molecule has 0 spiro atoms. The lowest BCUT2D eigenvalue weighted by atomic mass is 10.2. The Labute approximate surface area is 147 Å². The monoisotopic (exact) mass is 362 g/mol. The van der Waals surface area contributed by atoms with Crippen molar-refractivity contribution in [1.29, 1.82) is 0 Å². The molecule has 0 unspecified atom stereocenters. The highest BCUT2D eigenvalue weighted by atomic mass is 32.2. The van der Waals surface area contributed by atoms with Crippen LogP contribution in [-0.2, 0) is 23.5 Å². The Morgan fingerprint density at radius 1 is 1.28 bits per heavy atom. The predicted octanol–water partition coefficient (Wildman–Crippen LogP) is 1.18. The van der Waals surface area contributed by atoms with Crippen molar-refractivity contribution in [2.75, 3.05) is 19.6 Å².